The smallest absolute Gasteiger partial charge is 0.258 e. The first-order valence-electron chi connectivity index (χ1n) is 5.62. The van der Waals surface area contributed by atoms with Crippen molar-refractivity contribution in [2.45, 2.75) is 25.2 Å². The molecular weight excluding hydrogens is 292 g/mol. The van der Waals surface area contributed by atoms with Crippen LogP contribution in [-0.4, -0.2) is 31.2 Å². The molecule has 0 saturated heterocycles. The minimum Gasteiger partial charge on any atom is -0.258 e. The number of nitrogens with zero attached hydrogens (tertiary/aromatic N) is 2. The predicted octanol–water partition coefficient (Wildman–Crippen LogP) is 2.59. The number of nitro groups is 1. The number of hydrogen-bond acceptors (Lipinski definition) is 4. The first kappa shape index (κ1) is 15.9. The third kappa shape index (κ3) is 3.23. The van der Waals surface area contributed by atoms with E-state index in [0.717, 1.165) is 6.07 Å². The molecule has 8 heteroatoms. The van der Waals surface area contributed by atoms with Crippen LogP contribution in [0.5, 0.6) is 0 Å². The number of aryl methyl sites for hydroxylation is 1. The molecule has 0 heterocycles. The van der Waals surface area contributed by atoms with E-state index in [9.17, 15) is 18.5 Å². The summed E-state index contributed by atoms with van der Waals surface area (Å²) in [5.74, 6) is 0. The van der Waals surface area contributed by atoms with E-state index in [2.05, 4.69) is 0 Å². The quantitative estimate of drug-likeness (QED) is 0.618. The van der Waals surface area contributed by atoms with Crippen LogP contribution in [-0.2, 0) is 10.0 Å². The zero-order valence-corrected chi connectivity index (χ0v) is 12.5. The van der Waals surface area contributed by atoms with Crippen LogP contribution in [0.3, 0.4) is 0 Å². The Kier molecular flexibility index (Phi) is 4.89. The SMILES string of the molecule is CCCN(C)S(=O)(=O)c1cc([N+](=O)[O-])c(Cl)cc1C. The molecule has 0 aliphatic carbocycles. The van der Waals surface area contributed by atoms with Gasteiger partial charge in [-0.05, 0) is 25.0 Å². The molecule has 0 radical (unpaired) electrons. The van der Waals surface area contributed by atoms with E-state index in [1.165, 1.54) is 17.4 Å². The molecule has 1 aromatic carbocycles. The Hall–Kier alpha value is -1.18. The highest BCUT2D eigenvalue weighted by molar-refractivity contribution is 7.89. The molecule has 0 aromatic heterocycles. The highest BCUT2D eigenvalue weighted by atomic mass is 35.5. The molecule has 0 N–H and O–H groups in total. The van der Waals surface area contributed by atoms with Crippen LogP contribution in [0.4, 0.5) is 5.69 Å². The molecule has 0 aliphatic heterocycles. The van der Waals surface area contributed by atoms with Gasteiger partial charge in [0.15, 0.2) is 0 Å². The van der Waals surface area contributed by atoms with Gasteiger partial charge in [0.25, 0.3) is 5.69 Å². The number of benzene rings is 1. The Bertz CT molecular complexity index is 601. The second-order valence-electron chi connectivity index (χ2n) is 4.15. The normalized spacial score (nSPS) is 11.8. The highest BCUT2D eigenvalue weighted by Crippen LogP contribution is 2.31. The Morgan fingerprint density at radius 3 is 2.47 bits per heavy atom. The third-order valence-electron chi connectivity index (χ3n) is 2.67. The molecule has 0 amide bonds. The molecule has 106 valence electrons. The second-order valence-corrected chi connectivity index (χ2v) is 6.57. The average Bonchev–Trinajstić information content (AvgIpc) is 2.28. The van der Waals surface area contributed by atoms with Crippen molar-refractivity contribution in [3.63, 3.8) is 0 Å². The van der Waals surface area contributed by atoms with Gasteiger partial charge in [0.05, 0.1) is 9.82 Å². The van der Waals surface area contributed by atoms with E-state index in [-0.39, 0.29) is 9.92 Å². The molecule has 1 aromatic rings. The van der Waals surface area contributed by atoms with E-state index in [1.54, 1.807) is 6.92 Å². The standard InChI is InChI=1S/C11H15ClN2O4S/c1-4-5-13(3)19(17,18)11-7-10(14(15)16)9(12)6-8(11)2/h6-7H,4-5H2,1-3H3. The Morgan fingerprint density at radius 2 is 2.00 bits per heavy atom. The van der Waals surface area contributed by atoms with Crippen molar-refractivity contribution in [1.82, 2.24) is 4.31 Å². The van der Waals surface area contributed by atoms with Crippen molar-refractivity contribution >= 4 is 27.3 Å². The van der Waals surface area contributed by atoms with Gasteiger partial charge in [-0.25, -0.2) is 12.7 Å². The monoisotopic (exact) mass is 306 g/mol. The van der Waals surface area contributed by atoms with Gasteiger partial charge in [-0.3, -0.25) is 10.1 Å². The lowest BCUT2D eigenvalue weighted by Crippen LogP contribution is -2.28. The van der Waals surface area contributed by atoms with Crippen molar-refractivity contribution in [3.8, 4) is 0 Å². The first-order valence-corrected chi connectivity index (χ1v) is 7.44. The fourth-order valence-electron chi connectivity index (χ4n) is 1.66. The van der Waals surface area contributed by atoms with E-state index >= 15 is 0 Å². The maximum absolute atomic E-state index is 12.3. The van der Waals surface area contributed by atoms with Gasteiger partial charge < -0.3 is 0 Å². The van der Waals surface area contributed by atoms with Gasteiger partial charge in [0.2, 0.25) is 10.0 Å². The fourth-order valence-corrected chi connectivity index (χ4v) is 3.44. The number of hydrogen-bond donors (Lipinski definition) is 0. The minimum absolute atomic E-state index is 0.0698. The summed E-state index contributed by atoms with van der Waals surface area (Å²) in [5, 5.41) is 10.8. The zero-order valence-electron chi connectivity index (χ0n) is 10.9. The van der Waals surface area contributed by atoms with Crippen molar-refractivity contribution in [2.24, 2.45) is 0 Å². The fraction of sp³-hybridized carbons (Fsp3) is 0.455. The lowest BCUT2D eigenvalue weighted by atomic mass is 10.2. The molecule has 0 spiro atoms. The van der Waals surface area contributed by atoms with Gasteiger partial charge in [0.1, 0.15) is 5.02 Å². The third-order valence-corrected chi connectivity index (χ3v) is 4.97. The molecule has 6 nitrogen and oxygen atoms in total. The number of sulfonamides is 1. The topological polar surface area (TPSA) is 80.5 Å². The van der Waals surface area contributed by atoms with Crippen molar-refractivity contribution in [2.75, 3.05) is 13.6 Å². The highest BCUT2D eigenvalue weighted by Gasteiger charge is 2.26. The van der Waals surface area contributed by atoms with Crippen LogP contribution in [0.25, 0.3) is 0 Å². The van der Waals surface area contributed by atoms with E-state index < -0.39 is 20.6 Å². The molecular formula is C11H15ClN2O4S. The number of halogens is 1. The van der Waals surface area contributed by atoms with Crippen LogP contribution >= 0.6 is 11.6 Å². The largest absolute Gasteiger partial charge is 0.289 e. The lowest BCUT2D eigenvalue weighted by molar-refractivity contribution is -0.384. The first-order chi connectivity index (χ1) is 8.71. The van der Waals surface area contributed by atoms with Crippen molar-refractivity contribution < 1.29 is 13.3 Å². The summed E-state index contributed by atoms with van der Waals surface area (Å²) in [7, 11) is -2.29. The van der Waals surface area contributed by atoms with Crippen LogP contribution in [0.1, 0.15) is 18.9 Å². The molecule has 19 heavy (non-hydrogen) atoms. The van der Waals surface area contributed by atoms with Crippen LogP contribution in [0.2, 0.25) is 5.02 Å². The van der Waals surface area contributed by atoms with Crippen LogP contribution in [0.15, 0.2) is 17.0 Å². The second kappa shape index (κ2) is 5.85. The minimum atomic E-state index is -3.73. The maximum Gasteiger partial charge on any atom is 0.289 e. The van der Waals surface area contributed by atoms with Crippen LogP contribution in [0, 0.1) is 17.0 Å². The number of rotatable bonds is 5. The van der Waals surface area contributed by atoms with Gasteiger partial charge in [-0.1, -0.05) is 18.5 Å². The van der Waals surface area contributed by atoms with Gasteiger partial charge >= 0.3 is 0 Å². The maximum atomic E-state index is 12.3. The predicted molar refractivity (Wildman–Crippen MR) is 73.0 cm³/mol. The lowest BCUT2D eigenvalue weighted by Gasteiger charge is -2.17. The molecule has 0 bridgehead atoms. The van der Waals surface area contributed by atoms with Crippen molar-refractivity contribution in [1.29, 1.82) is 0 Å². The van der Waals surface area contributed by atoms with Gasteiger partial charge in [-0.15, -0.1) is 0 Å². The van der Waals surface area contributed by atoms with E-state index in [0.29, 0.717) is 18.5 Å². The summed E-state index contributed by atoms with van der Waals surface area (Å²) < 4.78 is 25.8. The molecule has 0 atom stereocenters. The number of nitro benzene ring substituents is 1. The summed E-state index contributed by atoms with van der Waals surface area (Å²) in [6.07, 6.45) is 0.657. The van der Waals surface area contributed by atoms with E-state index in [4.69, 9.17) is 11.6 Å². The Labute approximate surface area is 117 Å². The molecule has 0 unspecified atom stereocenters. The summed E-state index contributed by atoms with van der Waals surface area (Å²) in [6.45, 7) is 3.75. The van der Waals surface area contributed by atoms with E-state index in [1.807, 2.05) is 6.92 Å². The summed E-state index contributed by atoms with van der Waals surface area (Å²) >= 11 is 5.74. The summed E-state index contributed by atoms with van der Waals surface area (Å²) in [6, 6.07) is 2.31. The summed E-state index contributed by atoms with van der Waals surface area (Å²) in [5.41, 5.74) is -0.0192. The molecule has 0 saturated carbocycles. The Morgan fingerprint density at radius 1 is 1.42 bits per heavy atom. The van der Waals surface area contributed by atoms with Gasteiger partial charge in [-0.2, -0.15) is 0 Å². The molecule has 1 rings (SSSR count). The Balaban J connectivity index is 3.43. The van der Waals surface area contributed by atoms with Gasteiger partial charge in [0, 0.05) is 19.7 Å². The molecule has 0 aliphatic rings. The average molecular weight is 307 g/mol. The van der Waals surface area contributed by atoms with Crippen LogP contribution < -0.4 is 0 Å². The zero-order chi connectivity index (χ0) is 14.8. The summed E-state index contributed by atoms with van der Waals surface area (Å²) in [4.78, 5) is 10.0. The molecule has 0 fully saturated rings. The van der Waals surface area contributed by atoms with Crippen molar-refractivity contribution in [3.05, 3.63) is 32.8 Å².